The second-order valence-corrected chi connectivity index (χ2v) is 4.35. The minimum Gasteiger partial charge on any atom is -0.334 e. The molecule has 6 nitrogen and oxygen atoms in total. The Balaban J connectivity index is 2.00. The Morgan fingerprint density at radius 1 is 1.25 bits per heavy atom. The lowest BCUT2D eigenvalue weighted by Gasteiger charge is -1.98. The third kappa shape index (κ3) is 2.28. The summed E-state index contributed by atoms with van der Waals surface area (Å²) in [5.74, 6) is 0.999. The lowest BCUT2D eigenvalue weighted by atomic mass is 10.1. The molecule has 3 heterocycles. The second-order valence-electron chi connectivity index (χ2n) is 4.35. The third-order valence-electron chi connectivity index (χ3n) is 2.96. The van der Waals surface area contributed by atoms with Crippen molar-refractivity contribution in [3.8, 4) is 22.8 Å². The summed E-state index contributed by atoms with van der Waals surface area (Å²) in [4.78, 5) is 12.6. The van der Waals surface area contributed by atoms with Crippen LogP contribution in [0.4, 0.5) is 0 Å². The van der Waals surface area contributed by atoms with E-state index in [0.29, 0.717) is 18.3 Å². The van der Waals surface area contributed by atoms with Crippen LogP contribution in [0.5, 0.6) is 0 Å². The number of pyridine rings is 2. The number of aryl methyl sites for hydroxylation is 1. The first-order valence-electron chi connectivity index (χ1n) is 6.18. The molecule has 0 aliphatic carbocycles. The van der Waals surface area contributed by atoms with Crippen molar-refractivity contribution < 1.29 is 4.52 Å². The monoisotopic (exact) mass is 267 g/mol. The molecule has 0 atom stereocenters. The second kappa shape index (κ2) is 5.18. The minimum atomic E-state index is 0.373. The lowest BCUT2D eigenvalue weighted by Crippen LogP contribution is -1.98. The highest BCUT2D eigenvalue weighted by molar-refractivity contribution is 5.61. The predicted molar refractivity (Wildman–Crippen MR) is 73.4 cm³/mol. The van der Waals surface area contributed by atoms with Crippen LogP contribution >= 0.6 is 0 Å². The van der Waals surface area contributed by atoms with Crippen LogP contribution in [-0.4, -0.2) is 20.1 Å². The quantitative estimate of drug-likeness (QED) is 0.780. The van der Waals surface area contributed by atoms with Gasteiger partial charge in [-0.05, 0) is 30.7 Å². The number of nitrogens with zero attached hydrogens (tertiary/aromatic N) is 4. The molecule has 0 saturated heterocycles. The topological polar surface area (TPSA) is 90.7 Å². The van der Waals surface area contributed by atoms with Crippen molar-refractivity contribution in [2.24, 2.45) is 5.73 Å². The molecule has 0 spiro atoms. The number of hydrogen-bond acceptors (Lipinski definition) is 6. The number of aromatic nitrogens is 4. The Hall–Kier alpha value is -2.60. The summed E-state index contributed by atoms with van der Waals surface area (Å²) in [5, 5.41) is 4.01. The van der Waals surface area contributed by atoms with Gasteiger partial charge in [-0.25, -0.2) is 0 Å². The van der Waals surface area contributed by atoms with E-state index < -0.39 is 0 Å². The maximum Gasteiger partial charge on any atom is 0.258 e. The zero-order valence-corrected chi connectivity index (χ0v) is 10.9. The van der Waals surface area contributed by atoms with Crippen LogP contribution in [0, 0.1) is 6.92 Å². The first kappa shape index (κ1) is 12.4. The van der Waals surface area contributed by atoms with Gasteiger partial charge < -0.3 is 10.3 Å². The minimum absolute atomic E-state index is 0.373. The van der Waals surface area contributed by atoms with E-state index in [1.807, 2.05) is 25.1 Å². The van der Waals surface area contributed by atoms with Gasteiger partial charge in [0.25, 0.3) is 5.89 Å². The molecule has 3 aromatic heterocycles. The van der Waals surface area contributed by atoms with Crippen LogP contribution < -0.4 is 5.73 Å². The maximum absolute atomic E-state index is 5.58. The fourth-order valence-electron chi connectivity index (χ4n) is 1.90. The molecule has 0 radical (unpaired) electrons. The summed E-state index contributed by atoms with van der Waals surface area (Å²) < 4.78 is 5.31. The van der Waals surface area contributed by atoms with Crippen molar-refractivity contribution in [2.75, 3.05) is 0 Å². The van der Waals surface area contributed by atoms with E-state index in [9.17, 15) is 0 Å². The summed E-state index contributed by atoms with van der Waals surface area (Å²) in [5.41, 5.74) is 9.07. The van der Waals surface area contributed by atoms with Gasteiger partial charge in [0.2, 0.25) is 5.82 Å². The van der Waals surface area contributed by atoms with Crippen LogP contribution in [-0.2, 0) is 6.54 Å². The molecule has 0 amide bonds. The SMILES string of the molecule is Cc1cnccc1-c1noc(-c2ccnc(CN)c2)n1. The van der Waals surface area contributed by atoms with Crippen LogP contribution in [0.15, 0.2) is 41.3 Å². The fraction of sp³-hybridized carbons (Fsp3) is 0.143. The number of hydrogen-bond donors (Lipinski definition) is 1. The smallest absolute Gasteiger partial charge is 0.258 e. The van der Waals surface area contributed by atoms with E-state index >= 15 is 0 Å². The molecule has 3 aromatic rings. The molecule has 0 aliphatic heterocycles. The van der Waals surface area contributed by atoms with Crippen molar-refractivity contribution in [2.45, 2.75) is 13.5 Å². The molecule has 2 N–H and O–H groups in total. The van der Waals surface area contributed by atoms with Crippen LogP contribution in [0.2, 0.25) is 0 Å². The Kier molecular flexibility index (Phi) is 3.22. The molecule has 0 unspecified atom stereocenters. The van der Waals surface area contributed by atoms with Crippen LogP contribution in [0.25, 0.3) is 22.8 Å². The van der Waals surface area contributed by atoms with Crippen LogP contribution in [0.3, 0.4) is 0 Å². The van der Waals surface area contributed by atoms with Crippen LogP contribution in [0.1, 0.15) is 11.3 Å². The summed E-state index contributed by atoms with van der Waals surface area (Å²) in [6.07, 6.45) is 5.15. The predicted octanol–water partition coefficient (Wildman–Crippen LogP) is 1.96. The van der Waals surface area contributed by atoms with Crippen molar-refractivity contribution in [1.82, 2.24) is 20.1 Å². The first-order valence-corrected chi connectivity index (χ1v) is 6.18. The Bertz CT molecular complexity index is 738. The molecule has 3 rings (SSSR count). The molecule has 0 aliphatic rings. The molecule has 20 heavy (non-hydrogen) atoms. The van der Waals surface area contributed by atoms with E-state index in [2.05, 4.69) is 20.1 Å². The van der Waals surface area contributed by atoms with E-state index in [1.165, 1.54) is 0 Å². The Labute approximate surface area is 115 Å². The van der Waals surface area contributed by atoms with Crippen molar-refractivity contribution >= 4 is 0 Å². The molecule has 0 aromatic carbocycles. The Morgan fingerprint density at radius 3 is 2.95 bits per heavy atom. The van der Waals surface area contributed by atoms with Crippen molar-refractivity contribution in [3.63, 3.8) is 0 Å². The lowest BCUT2D eigenvalue weighted by molar-refractivity contribution is 0.432. The zero-order valence-electron chi connectivity index (χ0n) is 10.9. The molecule has 0 fully saturated rings. The van der Waals surface area contributed by atoms with E-state index in [-0.39, 0.29) is 0 Å². The summed E-state index contributed by atoms with van der Waals surface area (Å²) in [6.45, 7) is 2.33. The van der Waals surface area contributed by atoms with Crippen molar-refractivity contribution in [1.29, 1.82) is 0 Å². The van der Waals surface area contributed by atoms with Gasteiger partial charge in [0.05, 0.1) is 5.69 Å². The molecule has 0 saturated carbocycles. The highest BCUT2D eigenvalue weighted by atomic mass is 16.5. The van der Waals surface area contributed by atoms with Gasteiger partial charge in [-0.3, -0.25) is 9.97 Å². The molecule has 6 heteroatoms. The van der Waals surface area contributed by atoms with E-state index in [1.54, 1.807) is 18.6 Å². The first-order chi connectivity index (χ1) is 9.78. The average molecular weight is 267 g/mol. The van der Waals surface area contributed by atoms with Gasteiger partial charge in [-0.15, -0.1) is 0 Å². The summed E-state index contributed by atoms with van der Waals surface area (Å²) in [6, 6.07) is 5.52. The van der Waals surface area contributed by atoms with Gasteiger partial charge in [-0.2, -0.15) is 4.98 Å². The summed E-state index contributed by atoms with van der Waals surface area (Å²) >= 11 is 0. The maximum atomic E-state index is 5.58. The van der Waals surface area contributed by atoms with E-state index in [4.69, 9.17) is 10.3 Å². The molecule has 100 valence electrons. The zero-order chi connectivity index (χ0) is 13.9. The van der Waals surface area contributed by atoms with Gasteiger partial charge in [-0.1, -0.05) is 5.16 Å². The van der Waals surface area contributed by atoms with Gasteiger partial charge in [0.1, 0.15) is 0 Å². The van der Waals surface area contributed by atoms with Crippen molar-refractivity contribution in [3.05, 3.63) is 48.0 Å². The fourth-order valence-corrected chi connectivity index (χ4v) is 1.90. The Morgan fingerprint density at radius 2 is 2.15 bits per heavy atom. The summed E-state index contributed by atoms with van der Waals surface area (Å²) in [7, 11) is 0. The normalized spacial score (nSPS) is 10.7. The van der Waals surface area contributed by atoms with Gasteiger partial charge in [0.15, 0.2) is 0 Å². The van der Waals surface area contributed by atoms with Gasteiger partial charge in [0, 0.05) is 36.3 Å². The molecular formula is C14H13N5O. The molecule has 0 bridgehead atoms. The molecular weight excluding hydrogens is 254 g/mol. The largest absolute Gasteiger partial charge is 0.334 e. The van der Waals surface area contributed by atoms with E-state index in [0.717, 1.165) is 22.4 Å². The number of nitrogens with two attached hydrogens (primary N) is 1. The van der Waals surface area contributed by atoms with Gasteiger partial charge >= 0.3 is 0 Å². The average Bonchev–Trinajstić information content (AvgIpc) is 2.97. The highest BCUT2D eigenvalue weighted by Crippen LogP contribution is 2.23. The highest BCUT2D eigenvalue weighted by Gasteiger charge is 2.12. The standard InChI is InChI=1S/C14H13N5O/c1-9-8-16-4-3-12(9)13-18-14(20-19-13)10-2-5-17-11(6-10)7-15/h2-6,8H,7,15H2,1H3. The number of rotatable bonds is 3. The third-order valence-corrected chi connectivity index (χ3v) is 2.96.